The van der Waals surface area contributed by atoms with E-state index in [-0.39, 0.29) is 12.1 Å². The first kappa shape index (κ1) is 10.5. The smallest absolute Gasteiger partial charge is 0.315 e. The first-order valence-corrected chi connectivity index (χ1v) is 6.29. The lowest BCUT2D eigenvalue weighted by atomic mass is 9.93. The molecule has 82 valence electrons. The second-order valence-corrected chi connectivity index (χ2v) is 4.80. The maximum absolute atomic E-state index is 11.5. The van der Waals surface area contributed by atoms with Crippen LogP contribution in [-0.2, 0) is 0 Å². The number of urea groups is 1. The number of carbonyl (C=O) groups excluding carboxylic acids is 1. The molecule has 1 atom stereocenters. The zero-order chi connectivity index (χ0) is 10.7. The Balaban J connectivity index is 1.78. The van der Waals surface area contributed by atoms with Gasteiger partial charge in [-0.3, -0.25) is 0 Å². The zero-order valence-electron chi connectivity index (χ0n) is 8.82. The molecule has 1 saturated carbocycles. The van der Waals surface area contributed by atoms with Gasteiger partial charge in [-0.2, -0.15) is 11.3 Å². The van der Waals surface area contributed by atoms with E-state index in [1.54, 1.807) is 11.3 Å². The molecule has 0 aliphatic heterocycles. The first-order chi connectivity index (χ1) is 7.25. The molecule has 1 aromatic rings. The minimum atomic E-state index is -0.0431. The van der Waals surface area contributed by atoms with E-state index in [9.17, 15) is 4.79 Å². The summed E-state index contributed by atoms with van der Waals surface area (Å²) in [5.41, 5.74) is 1.17. The molecular formula is C11H16N2OS. The number of amides is 2. The molecule has 2 N–H and O–H groups in total. The number of hydrogen-bond donors (Lipinski definition) is 2. The molecule has 0 spiro atoms. The van der Waals surface area contributed by atoms with Gasteiger partial charge in [-0.15, -0.1) is 0 Å². The summed E-state index contributed by atoms with van der Waals surface area (Å²) in [5, 5.41) is 9.99. The zero-order valence-corrected chi connectivity index (χ0v) is 9.64. The summed E-state index contributed by atoms with van der Waals surface area (Å²) in [5.74, 6) is 0. The average molecular weight is 224 g/mol. The van der Waals surface area contributed by atoms with Gasteiger partial charge in [0.05, 0.1) is 6.04 Å². The number of carbonyl (C=O) groups is 1. The van der Waals surface area contributed by atoms with Crippen molar-refractivity contribution in [2.24, 2.45) is 0 Å². The molecule has 1 fully saturated rings. The third-order valence-corrected chi connectivity index (χ3v) is 3.53. The quantitative estimate of drug-likeness (QED) is 0.814. The van der Waals surface area contributed by atoms with Gasteiger partial charge in [-0.1, -0.05) is 0 Å². The predicted molar refractivity (Wildman–Crippen MR) is 62.0 cm³/mol. The molecule has 2 rings (SSSR count). The molecule has 0 radical (unpaired) electrons. The fraction of sp³-hybridized carbons (Fsp3) is 0.545. The molecule has 1 aromatic heterocycles. The highest BCUT2D eigenvalue weighted by Gasteiger charge is 2.20. The minimum Gasteiger partial charge on any atom is -0.335 e. The lowest BCUT2D eigenvalue weighted by Crippen LogP contribution is -2.45. The molecule has 0 bridgehead atoms. The summed E-state index contributed by atoms with van der Waals surface area (Å²) in [6, 6.07) is 2.49. The Labute approximate surface area is 93.9 Å². The van der Waals surface area contributed by atoms with Crippen molar-refractivity contribution in [3.63, 3.8) is 0 Å². The number of hydrogen-bond acceptors (Lipinski definition) is 2. The van der Waals surface area contributed by atoms with Gasteiger partial charge in [0.2, 0.25) is 0 Å². The van der Waals surface area contributed by atoms with Crippen LogP contribution in [0.25, 0.3) is 0 Å². The van der Waals surface area contributed by atoms with Crippen molar-refractivity contribution < 1.29 is 4.79 Å². The maximum Gasteiger partial charge on any atom is 0.315 e. The fourth-order valence-electron chi connectivity index (χ4n) is 1.58. The van der Waals surface area contributed by atoms with Gasteiger partial charge >= 0.3 is 6.03 Å². The predicted octanol–water partition coefficient (Wildman–Crippen LogP) is 2.66. The van der Waals surface area contributed by atoms with Gasteiger partial charge in [0, 0.05) is 6.04 Å². The van der Waals surface area contributed by atoms with Gasteiger partial charge < -0.3 is 10.6 Å². The Hall–Kier alpha value is -1.03. The van der Waals surface area contributed by atoms with Gasteiger partial charge in [-0.05, 0) is 48.6 Å². The summed E-state index contributed by atoms with van der Waals surface area (Å²) < 4.78 is 0. The topological polar surface area (TPSA) is 41.1 Å². The second kappa shape index (κ2) is 4.66. The van der Waals surface area contributed by atoms with Crippen molar-refractivity contribution in [1.82, 2.24) is 10.6 Å². The van der Waals surface area contributed by atoms with Crippen molar-refractivity contribution in [1.29, 1.82) is 0 Å². The van der Waals surface area contributed by atoms with E-state index in [0.29, 0.717) is 6.04 Å². The Bertz CT molecular complexity index is 319. The molecule has 1 aliphatic rings. The minimum absolute atomic E-state index is 0.0431. The van der Waals surface area contributed by atoms with E-state index < -0.39 is 0 Å². The van der Waals surface area contributed by atoms with Gasteiger partial charge in [-0.25, -0.2) is 4.79 Å². The van der Waals surface area contributed by atoms with Crippen LogP contribution in [0.2, 0.25) is 0 Å². The Morgan fingerprint density at radius 2 is 2.40 bits per heavy atom. The van der Waals surface area contributed by atoms with Crippen LogP contribution in [0.5, 0.6) is 0 Å². The van der Waals surface area contributed by atoms with Crippen LogP contribution in [0.1, 0.15) is 37.8 Å². The lowest BCUT2D eigenvalue weighted by molar-refractivity contribution is 0.225. The van der Waals surface area contributed by atoms with Crippen LogP contribution < -0.4 is 10.6 Å². The average Bonchev–Trinajstić information content (AvgIpc) is 2.64. The van der Waals surface area contributed by atoms with Crippen LogP contribution in [0, 0.1) is 0 Å². The molecular weight excluding hydrogens is 208 g/mol. The summed E-state index contributed by atoms with van der Waals surface area (Å²) in [4.78, 5) is 11.5. The van der Waals surface area contributed by atoms with E-state index in [0.717, 1.165) is 12.8 Å². The van der Waals surface area contributed by atoms with E-state index >= 15 is 0 Å². The van der Waals surface area contributed by atoms with Crippen molar-refractivity contribution in [3.05, 3.63) is 22.4 Å². The third kappa shape index (κ3) is 2.72. The maximum atomic E-state index is 11.5. The summed E-state index contributed by atoms with van der Waals surface area (Å²) >= 11 is 1.65. The number of rotatable bonds is 3. The number of nitrogens with one attached hydrogen (secondary N) is 2. The normalized spacial score (nSPS) is 17.9. The monoisotopic (exact) mass is 224 g/mol. The highest BCUT2D eigenvalue weighted by atomic mass is 32.1. The largest absolute Gasteiger partial charge is 0.335 e. The molecule has 4 heteroatoms. The van der Waals surface area contributed by atoms with Crippen LogP contribution in [0.15, 0.2) is 16.8 Å². The highest BCUT2D eigenvalue weighted by molar-refractivity contribution is 7.07. The Morgan fingerprint density at radius 3 is 2.93 bits per heavy atom. The fourth-order valence-corrected chi connectivity index (χ4v) is 2.34. The van der Waals surface area contributed by atoms with Crippen LogP contribution in [0.4, 0.5) is 4.79 Å². The molecule has 2 amide bonds. The van der Waals surface area contributed by atoms with Crippen molar-refractivity contribution in [2.45, 2.75) is 38.3 Å². The molecule has 3 nitrogen and oxygen atoms in total. The highest BCUT2D eigenvalue weighted by Crippen LogP contribution is 2.18. The van der Waals surface area contributed by atoms with E-state index in [4.69, 9.17) is 0 Å². The Kier molecular flexibility index (Phi) is 3.26. The van der Waals surface area contributed by atoms with Crippen LogP contribution in [0.3, 0.4) is 0 Å². The SMILES string of the molecule is CC(NC(=O)NC1CCC1)c1ccsc1. The van der Waals surface area contributed by atoms with E-state index in [2.05, 4.69) is 16.0 Å². The summed E-state index contributed by atoms with van der Waals surface area (Å²) in [6.45, 7) is 2.00. The summed E-state index contributed by atoms with van der Waals surface area (Å²) in [7, 11) is 0. The van der Waals surface area contributed by atoms with Crippen LogP contribution in [-0.4, -0.2) is 12.1 Å². The van der Waals surface area contributed by atoms with Crippen LogP contribution >= 0.6 is 11.3 Å². The molecule has 15 heavy (non-hydrogen) atoms. The molecule has 0 aromatic carbocycles. The molecule has 1 unspecified atom stereocenters. The molecule has 1 heterocycles. The second-order valence-electron chi connectivity index (χ2n) is 4.02. The summed E-state index contributed by atoms with van der Waals surface area (Å²) in [6.07, 6.45) is 3.49. The van der Waals surface area contributed by atoms with Crippen molar-refractivity contribution in [3.8, 4) is 0 Å². The van der Waals surface area contributed by atoms with Gasteiger partial charge in [0.1, 0.15) is 0 Å². The van der Waals surface area contributed by atoms with Crippen molar-refractivity contribution in [2.75, 3.05) is 0 Å². The Morgan fingerprint density at radius 1 is 1.60 bits per heavy atom. The third-order valence-electron chi connectivity index (χ3n) is 2.83. The van der Waals surface area contributed by atoms with Gasteiger partial charge in [0.15, 0.2) is 0 Å². The van der Waals surface area contributed by atoms with E-state index in [1.807, 2.05) is 18.4 Å². The molecule has 1 aliphatic carbocycles. The van der Waals surface area contributed by atoms with Gasteiger partial charge in [0.25, 0.3) is 0 Å². The number of thiophene rings is 1. The van der Waals surface area contributed by atoms with Crippen molar-refractivity contribution >= 4 is 17.4 Å². The lowest BCUT2D eigenvalue weighted by Gasteiger charge is -2.27. The standard InChI is InChI=1S/C11H16N2OS/c1-8(9-5-6-15-7-9)12-11(14)13-10-3-2-4-10/h5-8,10H,2-4H2,1H3,(H2,12,13,14). The molecule has 0 saturated heterocycles. The van der Waals surface area contributed by atoms with E-state index in [1.165, 1.54) is 12.0 Å². The first-order valence-electron chi connectivity index (χ1n) is 5.35.